The van der Waals surface area contributed by atoms with Gasteiger partial charge in [-0.15, -0.1) is 0 Å². The van der Waals surface area contributed by atoms with Crippen molar-refractivity contribution < 1.29 is 19.2 Å². The van der Waals surface area contributed by atoms with Crippen molar-refractivity contribution in [2.24, 2.45) is 0 Å². The van der Waals surface area contributed by atoms with Crippen LogP contribution >= 0.6 is 11.6 Å². The first-order valence-corrected chi connectivity index (χ1v) is 7.65. The summed E-state index contributed by atoms with van der Waals surface area (Å²) in [6, 6.07) is 7.90. The molecular formula is C17H13ClN2O5. The van der Waals surface area contributed by atoms with E-state index in [-0.39, 0.29) is 18.0 Å². The summed E-state index contributed by atoms with van der Waals surface area (Å²) in [4.78, 5) is 22.8. The van der Waals surface area contributed by atoms with Gasteiger partial charge in [0.1, 0.15) is 0 Å². The number of anilines is 1. The maximum atomic E-state index is 12.1. The molecule has 1 heterocycles. The molecule has 1 amide bonds. The van der Waals surface area contributed by atoms with E-state index >= 15 is 0 Å². The topological polar surface area (TPSA) is 90.7 Å². The fourth-order valence-electron chi connectivity index (χ4n) is 2.32. The van der Waals surface area contributed by atoms with E-state index in [0.717, 1.165) is 5.56 Å². The summed E-state index contributed by atoms with van der Waals surface area (Å²) >= 11 is 6.01. The molecule has 1 aliphatic rings. The van der Waals surface area contributed by atoms with Crippen LogP contribution < -0.4 is 14.8 Å². The Morgan fingerprint density at radius 3 is 2.76 bits per heavy atom. The minimum Gasteiger partial charge on any atom is -0.454 e. The molecule has 0 radical (unpaired) electrons. The first-order chi connectivity index (χ1) is 12.0. The number of fused-ring (bicyclic) bond motifs is 1. The Morgan fingerprint density at radius 2 is 2.04 bits per heavy atom. The van der Waals surface area contributed by atoms with Gasteiger partial charge in [-0.3, -0.25) is 14.9 Å². The molecule has 0 unspecified atom stereocenters. The third kappa shape index (κ3) is 3.56. The van der Waals surface area contributed by atoms with Crippen molar-refractivity contribution in [3.05, 3.63) is 62.7 Å². The van der Waals surface area contributed by atoms with E-state index in [1.165, 1.54) is 24.3 Å². The lowest BCUT2D eigenvalue weighted by Gasteiger charge is -2.07. The van der Waals surface area contributed by atoms with Crippen molar-refractivity contribution in [3.63, 3.8) is 0 Å². The van der Waals surface area contributed by atoms with Gasteiger partial charge >= 0.3 is 0 Å². The third-order valence-electron chi connectivity index (χ3n) is 3.66. The molecule has 1 aliphatic heterocycles. The van der Waals surface area contributed by atoms with Gasteiger partial charge in [-0.25, -0.2) is 0 Å². The Kier molecular flexibility index (Phi) is 4.58. The number of carbonyl (C=O) groups excluding carboxylic acids is 1. The largest absolute Gasteiger partial charge is 0.454 e. The molecule has 128 valence electrons. The summed E-state index contributed by atoms with van der Waals surface area (Å²) in [5.41, 5.74) is 1.38. The molecule has 0 bridgehead atoms. The predicted octanol–water partition coefficient (Wildman–Crippen LogP) is 3.94. The van der Waals surface area contributed by atoms with Gasteiger partial charge < -0.3 is 14.8 Å². The van der Waals surface area contributed by atoms with Crippen LogP contribution in [0, 0.1) is 17.0 Å². The highest BCUT2D eigenvalue weighted by Crippen LogP contribution is 2.38. The second-order valence-corrected chi connectivity index (χ2v) is 5.66. The molecule has 0 saturated carbocycles. The van der Waals surface area contributed by atoms with Crippen LogP contribution in [0.25, 0.3) is 6.08 Å². The molecule has 2 aromatic carbocycles. The Hall–Kier alpha value is -3.06. The van der Waals surface area contributed by atoms with Crippen LogP contribution in [0.5, 0.6) is 11.5 Å². The van der Waals surface area contributed by atoms with E-state index in [1.807, 2.05) is 0 Å². The number of halogens is 1. The molecule has 0 spiro atoms. The molecule has 0 aromatic heterocycles. The lowest BCUT2D eigenvalue weighted by Crippen LogP contribution is -2.09. The number of hydrogen-bond donors (Lipinski definition) is 1. The average Bonchev–Trinajstić information content (AvgIpc) is 3.03. The number of hydrogen-bond acceptors (Lipinski definition) is 5. The molecule has 0 saturated heterocycles. The highest BCUT2D eigenvalue weighted by Gasteiger charge is 2.22. The minimum atomic E-state index is -0.541. The highest BCUT2D eigenvalue weighted by molar-refractivity contribution is 6.31. The van der Waals surface area contributed by atoms with Gasteiger partial charge in [0.2, 0.25) is 12.7 Å². The van der Waals surface area contributed by atoms with Gasteiger partial charge in [0.05, 0.1) is 16.6 Å². The number of nitrogens with zero attached hydrogens (tertiary/aromatic N) is 1. The zero-order chi connectivity index (χ0) is 18.0. The normalized spacial score (nSPS) is 12.4. The van der Waals surface area contributed by atoms with Gasteiger partial charge in [0.25, 0.3) is 5.69 Å². The zero-order valence-corrected chi connectivity index (χ0v) is 13.9. The summed E-state index contributed by atoms with van der Waals surface area (Å²) in [5, 5.41) is 14.4. The molecule has 7 nitrogen and oxygen atoms in total. The van der Waals surface area contributed by atoms with E-state index in [2.05, 4.69) is 5.32 Å². The second kappa shape index (κ2) is 6.82. The molecule has 0 fully saturated rings. The van der Waals surface area contributed by atoms with Crippen molar-refractivity contribution in [3.8, 4) is 11.5 Å². The number of ether oxygens (including phenoxy) is 2. The average molecular weight is 361 g/mol. The van der Waals surface area contributed by atoms with Crippen molar-refractivity contribution in [2.75, 3.05) is 12.1 Å². The van der Waals surface area contributed by atoms with Crippen LogP contribution in [-0.2, 0) is 4.79 Å². The molecule has 25 heavy (non-hydrogen) atoms. The van der Waals surface area contributed by atoms with Gasteiger partial charge in [-0.2, -0.15) is 0 Å². The van der Waals surface area contributed by atoms with Crippen molar-refractivity contribution in [1.29, 1.82) is 0 Å². The monoisotopic (exact) mass is 360 g/mol. The summed E-state index contributed by atoms with van der Waals surface area (Å²) < 4.78 is 10.3. The van der Waals surface area contributed by atoms with Crippen LogP contribution in [-0.4, -0.2) is 17.6 Å². The van der Waals surface area contributed by atoms with E-state index in [0.29, 0.717) is 22.2 Å². The lowest BCUT2D eigenvalue weighted by atomic mass is 10.1. The predicted molar refractivity (Wildman–Crippen MR) is 93.1 cm³/mol. The Labute approximate surface area is 148 Å². The number of carbonyl (C=O) groups is 1. The smallest absolute Gasteiger partial charge is 0.280 e. The fraction of sp³-hybridized carbons (Fsp3) is 0.118. The van der Waals surface area contributed by atoms with Gasteiger partial charge in [0.15, 0.2) is 11.5 Å². The number of nitro benzene ring substituents is 1. The Bertz CT molecular complexity index is 895. The number of rotatable bonds is 4. The zero-order valence-electron chi connectivity index (χ0n) is 13.1. The lowest BCUT2D eigenvalue weighted by molar-refractivity contribution is -0.385. The van der Waals surface area contributed by atoms with E-state index in [4.69, 9.17) is 21.1 Å². The number of nitro groups is 1. The highest BCUT2D eigenvalue weighted by atomic mass is 35.5. The van der Waals surface area contributed by atoms with Crippen LogP contribution in [0.1, 0.15) is 11.1 Å². The first kappa shape index (κ1) is 16.8. The second-order valence-electron chi connectivity index (χ2n) is 5.26. The van der Waals surface area contributed by atoms with E-state index in [9.17, 15) is 14.9 Å². The molecule has 3 rings (SSSR count). The van der Waals surface area contributed by atoms with Crippen LogP contribution in [0.3, 0.4) is 0 Å². The van der Waals surface area contributed by atoms with E-state index in [1.54, 1.807) is 25.1 Å². The van der Waals surface area contributed by atoms with E-state index < -0.39 is 10.8 Å². The maximum Gasteiger partial charge on any atom is 0.280 e. The number of benzene rings is 2. The molecule has 8 heteroatoms. The minimum absolute atomic E-state index is 0.00812. The van der Waals surface area contributed by atoms with Gasteiger partial charge in [-0.05, 0) is 36.8 Å². The number of nitrogens with one attached hydrogen (secondary N) is 1. The molecule has 0 atom stereocenters. The third-order valence-corrected chi connectivity index (χ3v) is 4.07. The van der Waals surface area contributed by atoms with Gasteiger partial charge in [-0.1, -0.05) is 17.7 Å². The Morgan fingerprint density at radius 1 is 1.32 bits per heavy atom. The first-order valence-electron chi connectivity index (χ1n) is 7.28. The van der Waals surface area contributed by atoms with Crippen molar-refractivity contribution in [2.45, 2.75) is 6.92 Å². The van der Waals surface area contributed by atoms with Crippen LogP contribution in [0.15, 0.2) is 36.4 Å². The molecule has 2 aromatic rings. The molecular weight excluding hydrogens is 348 g/mol. The van der Waals surface area contributed by atoms with Crippen molar-refractivity contribution in [1.82, 2.24) is 0 Å². The quantitative estimate of drug-likeness (QED) is 0.506. The maximum absolute atomic E-state index is 12.1. The standard InChI is InChI=1S/C17H13ClN2O5/c1-10-12(18)3-2-4-13(10)19-17(21)6-5-11-7-15-16(25-9-24-15)8-14(11)20(22)23/h2-8H,9H2,1H3,(H,19,21)/b6-5+. The summed E-state index contributed by atoms with van der Waals surface area (Å²) in [5.74, 6) is 0.275. The Balaban J connectivity index is 1.83. The fourth-order valence-corrected chi connectivity index (χ4v) is 2.50. The summed E-state index contributed by atoms with van der Waals surface area (Å²) in [7, 11) is 0. The molecule has 0 aliphatic carbocycles. The SMILES string of the molecule is Cc1c(Cl)cccc1NC(=O)/C=C/c1cc2c(cc1[N+](=O)[O-])OCO2. The van der Waals surface area contributed by atoms with Crippen molar-refractivity contribution >= 4 is 35.0 Å². The summed E-state index contributed by atoms with van der Waals surface area (Å²) in [6.07, 6.45) is 2.57. The van der Waals surface area contributed by atoms with Gasteiger partial charge in [0, 0.05) is 16.8 Å². The summed E-state index contributed by atoms with van der Waals surface area (Å²) in [6.45, 7) is 1.79. The number of amides is 1. The van der Waals surface area contributed by atoms with Crippen LogP contribution in [0.4, 0.5) is 11.4 Å². The molecule has 1 N–H and O–H groups in total. The van der Waals surface area contributed by atoms with Crippen LogP contribution in [0.2, 0.25) is 5.02 Å².